The van der Waals surface area contributed by atoms with E-state index in [1.165, 1.54) is 10.5 Å². The number of β-amino-alcohol motifs (C(OH)–C–C–N with tert-alkyl or cyclic N) is 1. The van der Waals surface area contributed by atoms with Gasteiger partial charge in [-0.05, 0) is 12.0 Å². The average molecular weight is 384 g/mol. The van der Waals surface area contributed by atoms with E-state index < -0.39 is 5.60 Å². The van der Waals surface area contributed by atoms with Crippen LogP contribution in [0.5, 0.6) is 0 Å². The third-order valence-electron chi connectivity index (χ3n) is 4.83. The van der Waals surface area contributed by atoms with Crippen molar-refractivity contribution in [2.24, 2.45) is 0 Å². The molecule has 0 aliphatic carbocycles. The van der Waals surface area contributed by atoms with Crippen molar-refractivity contribution in [3.8, 4) is 0 Å². The lowest BCUT2D eigenvalue weighted by molar-refractivity contribution is 0.0275. The van der Waals surface area contributed by atoms with E-state index in [9.17, 15) is 9.90 Å². The standard InChI is InChI=1S/C20H28N6O2/c1-24(2)18-21-11-17(12-22-18)23-19(27)25(3)14-20(28)9-10-26(15-20)13-16-7-5-4-6-8-16/h4-8,11-12,28H,9-10,13-15H2,1-3H3,(H,23,27). The Balaban J connectivity index is 1.51. The fraction of sp³-hybridized carbons (Fsp3) is 0.450. The second kappa shape index (κ2) is 8.53. The number of carbonyl (C=O) groups excluding carboxylic acids is 1. The smallest absolute Gasteiger partial charge is 0.321 e. The molecule has 2 N–H and O–H groups in total. The Hall–Kier alpha value is -2.71. The number of amides is 2. The molecule has 1 unspecified atom stereocenters. The first kappa shape index (κ1) is 20.0. The Morgan fingerprint density at radius 3 is 2.54 bits per heavy atom. The highest BCUT2D eigenvalue weighted by Gasteiger charge is 2.37. The molecule has 8 heteroatoms. The normalized spacial score (nSPS) is 19.4. The molecular weight excluding hydrogens is 356 g/mol. The second-order valence-electron chi connectivity index (χ2n) is 7.62. The van der Waals surface area contributed by atoms with E-state index in [0.717, 1.165) is 13.1 Å². The highest BCUT2D eigenvalue weighted by molar-refractivity contribution is 5.88. The molecule has 1 aliphatic heterocycles. The number of likely N-dealkylation sites (N-methyl/N-ethyl adjacent to an activating group) is 1. The number of nitrogens with one attached hydrogen (secondary N) is 1. The molecule has 8 nitrogen and oxygen atoms in total. The third-order valence-corrected chi connectivity index (χ3v) is 4.83. The number of hydrogen-bond acceptors (Lipinski definition) is 6. The van der Waals surface area contributed by atoms with Crippen LogP contribution in [0.2, 0.25) is 0 Å². The highest BCUT2D eigenvalue weighted by Crippen LogP contribution is 2.24. The lowest BCUT2D eigenvalue weighted by atomic mass is 10.0. The van der Waals surface area contributed by atoms with Crippen LogP contribution < -0.4 is 10.2 Å². The summed E-state index contributed by atoms with van der Waals surface area (Å²) in [6.07, 6.45) is 3.78. The number of benzene rings is 1. The predicted molar refractivity (Wildman–Crippen MR) is 109 cm³/mol. The van der Waals surface area contributed by atoms with Crippen molar-refractivity contribution >= 4 is 17.7 Å². The van der Waals surface area contributed by atoms with Crippen molar-refractivity contribution < 1.29 is 9.90 Å². The maximum Gasteiger partial charge on any atom is 0.321 e. The minimum Gasteiger partial charge on any atom is -0.387 e. The number of hydrogen-bond donors (Lipinski definition) is 2. The van der Waals surface area contributed by atoms with Crippen LogP contribution in [0.4, 0.5) is 16.4 Å². The van der Waals surface area contributed by atoms with E-state index in [1.807, 2.05) is 32.3 Å². The van der Waals surface area contributed by atoms with Gasteiger partial charge in [0.25, 0.3) is 0 Å². The van der Waals surface area contributed by atoms with Crippen molar-refractivity contribution in [2.45, 2.75) is 18.6 Å². The van der Waals surface area contributed by atoms with Crippen LogP contribution in [0.1, 0.15) is 12.0 Å². The fourth-order valence-electron chi connectivity index (χ4n) is 3.40. The number of rotatable bonds is 6. The van der Waals surface area contributed by atoms with Crippen molar-refractivity contribution in [1.29, 1.82) is 0 Å². The molecule has 1 saturated heterocycles. The Morgan fingerprint density at radius 2 is 1.89 bits per heavy atom. The fourth-order valence-corrected chi connectivity index (χ4v) is 3.40. The van der Waals surface area contributed by atoms with Gasteiger partial charge in [-0.15, -0.1) is 0 Å². The first-order chi connectivity index (χ1) is 13.3. The summed E-state index contributed by atoms with van der Waals surface area (Å²) in [4.78, 5) is 26.3. The summed E-state index contributed by atoms with van der Waals surface area (Å²) in [6, 6.07) is 9.91. The molecule has 1 aliphatic rings. The Kier molecular flexibility index (Phi) is 6.11. The Labute approximate surface area is 165 Å². The lowest BCUT2D eigenvalue weighted by Gasteiger charge is -2.29. The van der Waals surface area contributed by atoms with E-state index in [-0.39, 0.29) is 12.6 Å². The summed E-state index contributed by atoms with van der Waals surface area (Å²) in [5.41, 5.74) is 0.831. The number of aromatic nitrogens is 2. The maximum atomic E-state index is 12.5. The summed E-state index contributed by atoms with van der Waals surface area (Å²) in [5, 5.41) is 13.7. The van der Waals surface area contributed by atoms with Gasteiger partial charge in [0.2, 0.25) is 5.95 Å². The van der Waals surface area contributed by atoms with Crippen LogP contribution in [0.25, 0.3) is 0 Å². The average Bonchev–Trinajstić information content (AvgIpc) is 3.03. The Morgan fingerprint density at radius 1 is 1.21 bits per heavy atom. The largest absolute Gasteiger partial charge is 0.387 e. The topological polar surface area (TPSA) is 84.8 Å². The van der Waals surface area contributed by atoms with Crippen molar-refractivity contribution in [3.63, 3.8) is 0 Å². The molecule has 0 bridgehead atoms. The van der Waals surface area contributed by atoms with Gasteiger partial charge in [-0.2, -0.15) is 0 Å². The van der Waals surface area contributed by atoms with Gasteiger partial charge in [0.1, 0.15) is 0 Å². The van der Waals surface area contributed by atoms with Crippen LogP contribution in [0, 0.1) is 0 Å². The molecule has 2 amide bonds. The number of aliphatic hydroxyl groups is 1. The van der Waals surface area contributed by atoms with Gasteiger partial charge in [0, 0.05) is 40.8 Å². The predicted octanol–water partition coefficient (Wildman–Crippen LogP) is 1.64. The molecule has 3 rings (SSSR count). The highest BCUT2D eigenvalue weighted by atomic mass is 16.3. The number of carbonyl (C=O) groups is 1. The van der Waals surface area contributed by atoms with Crippen LogP contribution in [-0.4, -0.2) is 77.3 Å². The molecular formula is C20H28N6O2. The molecule has 0 radical (unpaired) electrons. The summed E-state index contributed by atoms with van der Waals surface area (Å²) < 4.78 is 0. The van der Waals surface area contributed by atoms with Crippen LogP contribution in [0.3, 0.4) is 0 Å². The molecule has 1 aromatic carbocycles. The van der Waals surface area contributed by atoms with Crippen molar-refractivity contribution in [3.05, 3.63) is 48.3 Å². The van der Waals surface area contributed by atoms with E-state index in [2.05, 4.69) is 32.3 Å². The monoisotopic (exact) mass is 384 g/mol. The maximum absolute atomic E-state index is 12.5. The number of nitrogens with zero attached hydrogens (tertiary/aromatic N) is 5. The molecule has 1 fully saturated rings. The lowest BCUT2D eigenvalue weighted by Crippen LogP contribution is -2.46. The summed E-state index contributed by atoms with van der Waals surface area (Å²) in [5.74, 6) is 0.574. The summed E-state index contributed by atoms with van der Waals surface area (Å²) >= 11 is 0. The van der Waals surface area contributed by atoms with Crippen LogP contribution in [0.15, 0.2) is 42.7 Å². The molecule has 2 aromatic rings. The quantitative estimate of drug-likeness (QED) is 0.788. The molecule has 0 spiro atoms. The number of urea groups is 1. The van der Waals surface area contributed by atoms with Gasteiger partial charge in [-0.3, -0.25) is 4.90 Å². The van der Waals surface area contributed by atoms with Crippen LogP contribution in [-0.2, 0) is 6.54 Å². The minimum absolute atomic E-state index is 0.265. The van der Waals surface area contributed by atoms with E-state index >= 15 is 0 Å². The minimum atomic E-state index is -0.911. The molecule has 28 heavy (non-hydrogen) atoms. The SMILES string of the molecule is CN(CC1(O)CCN(Cc2ccccc2)C1)C(=O)Nc1cnc(N(C)C)nc1. The zero-order valence-electron chi connectivity index (χ0n) is 16.7. The zero-order chi connectivity index (χ0) is 20.1. The van der Waals surface area contributed by atoms with E-state index in [1.54, 1.807) is 24.3 Å². The second-order valence-corrected chi connectivity index (χ2v) is 7.62. The van der Waals surface area contributed by atoms with Gasteiger partial charge in [0.05, 0.1) is 30.2 Å². The molecule has 2 heterocycles. The van der Waals surface area contributed by atoms with Gasteiger partial charge >= 0.3 is 6.03 Å². The molecule has 1 aromatic heterocycles. The Bertz CT molecular complexity index is 783. The number of anilines is 2. The molecule has 0 saturated carbocycles. The summed E-state index contributed by atoms with van der Waals surface area (Å²) in [6.45, 7) is 2.41. The first-order valence-corrected chi connectivity index (χ1v) is 9.35. The molecule has 1 atom stereocenters. The molecule has 150 valence electrons. The third kappa shape index (κ3) is 5.17. The zero-order valence-corrected chi connectivity index (χ0v) is 16.7. The first-order valence-electron chi connectivity index (χ1n) is 9.35. The van der Waals surface area contributed by atoms with Crippen molar-refractivity contribution in [2.75, 3.05) is 51.0 Å². The van der Waals surface area contributed by atoms with Crippen molar-refractivity contribution in [1.82, 2.24) is 19.8 Å². The van der Waals surface area contributed by atoms with Gasteiger partial charge in [-0.25, -0.2) is 14.8 Å². The van der Waals surface area contributed by atoms with E-state index in [4.69, 9.17) is 0 Å². The summed E-state index contributed by atoms with van der Waals surface area (Å²) in [7, 11) is 5.39. The van der Waals surface area contributed by atoms with Crippen LogP contribution >= 0.6 is 0 Å². The van der Waals surface area contributed by atoms with Gasteiger partial charge in [-0.1, -0.05) is 30.3 Å². The number of likely N-dealkylation sites (tertiary alicyclic amines) is 1. The van der Waals surface area contributed by atoms with Gasteiger partial charge < -0.3 is 20.2 Å². The van der Waals surface area contributed by atoms with Gasteiger partial charge in [0.15, 0.2) is 0 Å². The van der Waals surface area contributed by atoms with E-state index in [0.29, 0.717) is 24.6 Å².